The van der Waals surface area contributed by atoms with Gasteiger partial charge in [-0.05, 0) is 20.8 Å². The molecule has 3 fully saturated rings. The summed E-state index contributed by atoms with van der Waals surface area (Å²) < 4.78 is 11.0. The minimum absolute atomic E-state index is 0.0631. The molecule has 0 aromatic heterocycles. The first-order valence-electron chi connectivity index (χ1n) is 9.78. The van der Waals surface area contributed by atoms with Crippen LogP contribution in [0.2, 0.25) is 0 Å². The van der Waals surface area contributed by atoms with E-state index in [1.54, 1.807) is 9.91 Å². The van der Waals surface area contributed by atoms with Gasteiger partial charge >= 0.3 is 12.1 Å². The smallest absolute Gasteiger partial charge is 0.410 e. The van der Waals surface area contributed by atoms with E-state index in [-0.39, 0.29) is 30.9 Å². The minimum atomic E-state index is -0.924. The van der Waals surface area contributed by atoms with Gasteiger partial charge in [-0.1, -0.05) is 0 Å². The van der Waals surface area contributed by atoms with Crippen molar-refractivity contribution in [3.63, 3.8) is 0 Å². The van der Waals surface area contributed by atoms with Crippen molar-refractivity contribution < 1.29 is 29.3 Å². The Kier molecular flexibility index (Phi) is 6.16. The number of aliphatic hydroxyl groups excluding tert-OH is 1. The van der Waals surface area contributed by atoms with Gasteiger partial charge in [-0.25, -0.2) is 14.8 Å². The van der Waals surface area contributed by atoms with E-state index < -0.39 is 17.7 Å². The summed E-state index contributed by atoms with van der Waals surface area (Å²) in [5.41, 5.74) is -0.508. The standard InChI is InChI=1S/C18H32N4O6/c1-18(2,3)28-17(26)21-7-5-20(6-8-21)10-12-9-19(4)22(11-13(23)24)16-15(27-16)14(12)25/h12,14-16,25H,5-11H2,1-4H3,(H,23,24). The minimum Gasteiger partial charge on any atom is -0.480 e. The van der Waals surface area contributed by atoms with Crippen LogP contribution in [0.4, 0.5) is 4.79 Å². The van der Waals surface area contributed by atoms with E-state index in [0.29, 0.717) is 39.3 Å². The number of carbonyl (C=O) groups excluding carboxylic acids is 1. The van der Waals surface area contributed by atoms with E-state index in [2.05, 4.69) is 4.90 Å². The largest absolute Gasteiger partial charge is 0.480 e. The van der Waals surface area contributed by atoms with Gasteiger partial charge in [0.15, 0.2) is 6.23 Å². The molecule has 4 unspecified atom stereocenters. The lowest BCUT2D eigenvalue weighted by molar-refractivity contribution is -0.146. The highest BCUT2D eigenvalue weighted by Crippen LogP contribution is 2.36. The molecule has 0 aliphatic carbocycles. The summed E-state index contributed by atoms with van der Waals surface area (Å²) in [7, 11) is 1.83. The highest BCUT2D eigenvalue weighted by atomic mass is 16.6. The first kappa shape index (κ1) is 21.3. The normalized spacial score (nSPS) is 32.5. The third-order valence-corrected chi connectivity index (χ3v) is 5.37. The van der Waals surface area contributed by atoms with Gasteiger partial charge in [0.2, 0.25) is 0 Å². The lowest BCUT2D eigenvalue weighted by Crippen LogP contribution is -2.53. The van der Waals surface area contributed by atoms with Crippen LogP contribution in [0.1, 0.15) is 20.8 Å². The van der Waals surface area contributed by atoms with E-state index in [1.807, 2.05) is 32.8 Å². The number of rotatable bonds is 4. The number of epoxide rings is 1. The summed E-state index contributed by atoms with van der Waals surface area (Å²) in [5.74, 6) is -0.987. The summed E-state index contributed by atoms with van der Waals surface area (Å²) in [4.78, 5) is 27.2. The van der Waals surface area contributed by atoms with Gasteiger partial charge in [0.25, 0.3) is 0 Å². The predicted molar refractivity (Wildman–Crippen MR) is 99.4 cm³/mol. The Morgan fingerprint density at radius 1 is 1.18 bits per heavy atom. The number of hydrogen-bond donors (Lipinski definition) is 2. The molecule has 10 nitrogen and oxygen atoms in total. The van der Waals surface area contributed by atoms with E-state index in [4.69, 9.17) is 14.6 Å². The Morgan fingerprint density at radius 2 is 1.82 bits per heavy atom. The summed E-state index contributed by atoms with van der Waals surface area (Å²) in [6.45, 7) is 9.22. The Labute approximate surface area is 165 Å². The molecule has 3 heterocycles. The number of piperazine rings is 1. The highest BCUT2D eigenvalue weighted by Gasteiger charge is 2.55. The second kappa shape index (κ2) is 8.11. The van der Waals surface area contributed by atoms with Gasteiger partial charge in [0, 0.05) is 52.2 Å². The van der Waals surface area contributed by atoms with Crippen molar-refractivity contribution in [2.75, 3.05) is 52.9 Å². The molecule has 2 N–H and O–H groups in total. The molecule has 0 spiro atoms. The zero-order valence-corrected chi connectivity index (χ0v) is 17.1. The molecule has 0 saturated carbocycles. The van der Waals surface area contributed by atoms with Crippen LogP contribution in [0.5, 0.6) is 0 Å². The van der Waals surface area contributed by atoms with Crippen LogP contribution in [-0.4, -0.2) is 119 Å². The number of nitrogens with zero attached hydrogens (tertiary/aromatic N) is 4. The third kappa shape index (κ3) is 5.12. The lowest BCUT2D eigenvalue weighted by Gasteiger charge is -2.38. The number of hydrazine groups is 1. The summed E-state index contributed by atoms with van der Waals surface area (Å²) in [6, 6.07) is 0. The molecule has 0 aromatic rings. The number of carbonyl (C=O) groups is 2. The molecule has 0 radical (unpaired) electrons. The summed E-state index contributed by atoms with van der Waals surface area (Å²) in [6.07, 6.45) is -1.66. The number of aliphatic hydroxyl groups is 1. The molecule has 0 bridgehead atoms. The molecule has 1 amide bonds. The number of ether oxygens (including phenoxy) is 2. The third-order valence-electron chi connectivity index (χ3n) is 5.37. The number of hydrogen-bond acceptors (Lipinski definition) is 8. The van der Waals surface area contributed by atoms with Crippen LogP contribution in [0.25, 0.3) is 0 Å². The van der Waals surface area contributed by atoms with Crippen molar-refractivity contribution >= 4 is 12.1 Å². The molecule has 3 aliphatic heterocycles. The first-order valence-corrected chi connectivity index (χ1v) is 9.78. The molecule has 3 rings (SSSR count). The predicted octanol–water partition coefficient (Wildman–Crippen LogP) is -0.512. The molecule has 3 saturated heterocycles. The van der Waals surface area contributed by atoms with Gasteiger partial charge in [0.1, 0.15) is 18.2 Å². The topological polar surface area (TPSA) is 109 Å². The Bertz CT molecular complexity index is 589. The molecular formula is C18H32N4O6. The monoisotopic (exact) mass is 400 g/mol. The van der Waals surface area contributed by atoms with Crippen molar-refractivity contribution in [3.8, 4) is 0 Å². The molecule has 4 atom stereocenters. The van der Waals surface area contributed by atoms with Gasteiger partial charge in [-0.2, -0.15) is 0 Å². The summed E-state index contributed by atoms with van der Waals surface area (Å²) >= 11 is 0. The molecule has 0 aromatic carbocycles. The van der Waals surface area contributed by atoms with Crippen molar-refractivity contribution in [1.29, 1.82) is 0 Å². The van der Waals surface area contributed by atoms with Crippen LogP contribution in [0, 0.1) is 5.92 Å². The Balaban J connectivity index is 1.52. The van der Waals surface area contributed by atoms with Gasteiger partial charge in [0.05, 0.1) is 6.10 Å². The molecule has 28 heavy (non-hydrogen) atoms. The maximum absolute atomic E-state index is 12.2. The van der Waals surface area contributed by atoms with Gasteiger partial charge in [-0.3, -0.25) is 9.69 Å². The van der Waals surface area contributed by atoms with E-state index in [1.165, 1.54) is 0 Å². The number of amides is 1. The van der Waals surface area contributed by atoms with Crippen LogP contribution in [0.15, 0.2) is 0 Å². The fourth-order valence-corrected chi connectivity index (χ4v) is 3.91. The number of aliphatic carboxylic acids is 1. The fourth-order valence-electron chi connectivity index (χ4n) is 3.91. The van der Waals surface area contributed by atoms with Crippen molar-refractivity contribution in [3.05, 3.63) is 0 Å². The van der Waals surface area contributed by atoms with Crippen molar-refractivity contribution in [2.24, 2.45) is 5.92 Å². The van der Waals surface area contributed by atoms with E-state index >= 15 is 0 Å². The molecule has 3 aliphatic rings. The molecule has 10 heteroatoms. The number of carboxylic acid groups (broad SMARTS) is 1. The average molecular weight is 400 g/mol. The fraction of sp³-hybridized carbons (Fsp3) is 0.889. The quantitative estimate of drug-likeness (QED) is 0.603. The maximum atomic E-state index is 12.2. The number of carboxylic acids is 1. The van der Waals surface area contributed by atoms with Crippen LogP contribution >= 0.6 is 0 Å². The van der Waals surface area contributed by atoms with Crippen molar-refractivity contribution in [2.45, 2.75) is 44.8 Å². The second-order valence-corrected chi connectivity index (χ2v) is 8.84. The highest BCUT2D eigenvalue weighted by molar-refractivity contribution is 5.69. The average Bonchev–Trinajstić information content (AvgIpc) is 3.37. The molecule has 160 valence electrons. The maximum Gasteiger partial charge on any atom is 0.410 e. The van der Waals surface area contributed by atoms with Crippen LogP contribution in [0.3, 0.4) is 0 Å². The van der Waals surface area contributed by atoms with E-state index in [0.717, 1.165) is 0 Å². The number of fused-ring (bicyclic) bond motifs is 1. The Hall–Kier alpha value is -1.46. The van der Waals surface area contributed by atoms with Gasteiger partial charge in [-0.15, -0.1) is 0 Å². The zero-order valence-electron chi connectivity index (χ0n) is 17.1. The van der Waals surface area contributed by atoms with Crippen LogP contribution in [-0.2, 0) is 14.3 Å². The SMILES string of the molecule is CN1CC(CN2CCN(C(=O)OC(C)(C)C)CC2)C(O)C2OC2N1CC(=O)O. The van der Waals surface area contributed by atoms with E-state index in [9.17, 15) is 14.7 Å². The van der Waals surface area contributed by atoms with Crippen LogP contribution < -0.4 is 0 Å². The lowest BCUT2D eigenvalue weighted by atomic mass is 9.98. The Morgan fingerprint density at radius 3 is 2.39 bits per heavy atom. The second-order valence-electron chi connectivity index (χ2n) is 8.84. The molecular weight excluding hydrogens is 368 g/mol. The first-order chi connectivity index (χ1) is 13.0. The summed E-state index contributed by atoms with van der Waals surface area (Å²) in [5, 5.41) is 23.3. The van der Waals surface area contributed by atoms with Gasteiger partial charge < -0.3 is 24.6 Å². The zero-order chi connectivity index (χ0) is 20.6. The van der Waals surface area contributed by atoms with Crippen molar-refractivity contribution in [1.82, 2.24) is 19.8 Å².